The molecule has 2 aliphatic rings. The minimum absolute atomic E-state index is 0.0606. The summed E-state index contributed by atoms with van der Waals surface area (Å²) in [6, 6.07) is 7.95. The molecule has 2 fully saturated rings. The van der Waals surface area contributed by atoms with Crippen molar-refractivity contribution < 1.29 is 9.90 Å². The van der Waals surface area contributed by atoms with Crippen LogP contribution in [-0.4, -0.2) is 48.3 Å². The molecule has 3 N–H and O–H groups in total. The van der Waals surface area contributed by atoms with E-state index < -0.39 is 0 Å². The molecule has 1 aromatic carbocycles. The van der Waals surface area contributed by atoms with Crippen molar-refractivity contribution >= 4 is 29.4 Å². The molecule has 0 aromatic heterocycles. The van der Waals surface area contributed by atoms with Gasteiger partial charge in [0.05, 0.1) is 10.7 Å². The zero-order valence-corrected chi connectivity index (χ0v) is 14.1. The molecule has 4 nitrogen and oxygen atoms in total. The van der Waals surface area contributed by atoms with Crippen molar-refractivity contribution in [3.63, 3.8) is 0 Å². The smallest absolute Gasteiger partial charge is 0.251 e. The quantitative estimate of drug-likeness (QED) is 0.782. The molecule has 2 unspecified atom stereocenters. The number of hydrogen-bond donors (Lipinski definition) is 3. The second-order valence-corrected chi connectivity index (χ2v) is 8.47. The van der Waals surface area contributed by atoms with Crippen molar-refractivity contribution in [1.82, 2.24) is 10.6 Å². The summed E-state index contributed by atoms with van der Waals surface area (Å²) in [5.41, 5.74) is 1.98. The number of benzene rings is 1. The van der Waals surface area contributed by atoms with Gasteiger partial charge in [-0.05, 0) is 35.6 Å². The Kier molecular flexibility index (Phi) is 5.68. The molecule has 1 aromatic rings. The second kappa shape index (κ2) is 7.73. The van der Waals surface area contributed by atoms with E-state index in [2.05, 4.69) is 22.8 Å². The molecule has 0 saturated carbocycles. The van der Waals surface area contributed by atoms with E-state index in [1.807, 2.05) is 35.7 Å². The van der Waals surface area contributed by atoms with Crippen molar-refractivity contribution in [3.05, 3.63) is 35.4 Å². The zero-order valence-electron chi connectivity index (χ0n) is 12.5. The fraction of sp³-hybridized carbons (Fsp3) is 0.562. The Morgan fingerprint density at radius 1 is 1.23 bits per heavy atom. The highest BCUT2D eigenvalue weighted by Crippen LogP contribution is 2.43. The third-order valence-corrected chi connectivity index (χ3v) is 7.12. The molecule has 6 heteroatoms. The third kappa shape index (κ3) is 3.98. The van der Waals surface area contributed by atoms with Gasteiger partial charge in [0.2, 0.25) is 0 Å². The number of aliphatic hydroxyl groups excluding tert-OH is 1. The number of β-amino-alcohol motifs (C(OH)–C–C–N with tert-alkyl or cyclic N) is 1. The van der Waals surface area contributed by atoms with Crippen LogP contribution in [-0.2, 0) is 0 Å². The van der Waals surface area contributed by atoms with Gasteiger partial charge in [0, 0.05) is 31.1 Å². The number of carbonyl (C=O) groups is 1. The molecular weight excluding hydrogens is 316 g/mol. The van der Waals surface area contributed by atoms with Crippen LogP contribution in [0.3, 0.4) is 0 Å². The lowest BCUT2D eigenvalue weighted by Crippen LogP contribution is -2.34. The highest BCUT2D eigenvalue weighted by molar-refractivity contribution is 8.16. The van der Waals surface area contributed by atoms with Crippen LogP contribution in [0.2, 0.25) is 0 Å². The van der Waals surface area contributed by atoms with Gasteiger partial charge in [0.1, 0.15) is 0 Å². The summed E-state index contributed by atoms with van der Waals surface area (Å²) in [6.07, 6.45) is 0.928. The Bertz CT molecular complexity index is 503. The van der Waals surface area contributed by atoms with Crippen molar-refractivity contribution in [1.29, 1.82) is 0 Å². The predicted octanol–water partition coefficient (Wildman–Crippen LogP) is 1.87. The minimum atomic E-state index is -0.358. The standard InChI is InChI=1S/C16H22N2O2S2/c19-14-10-17-8-13(14)9-18-15(20)11-2-4-12(5-3-11)16-21-6-1-7-22-16/h2-5,13-14,16-17,19H,1,6-10H2,(H,18,20). The molecule has 22 heavy (non-hydrogen) atoms. The molecule has 2 saturated heterocycles. The Hall–Kier alpha value is -0.690. The van der Waals surface area contributed by atoms with Crippen LogP contribution in [0.4, 0.5) is 0 Å². The van der Waals surface area contributed by atoms with Gasteiger partial charge in [-0.25, -0.2) is 0 Å². The monoisotopic (exact) mass is 338 g/mol. The Labute approximate surface area is 139 Å². The lowest BCUT2D eigenvalue weighted by atomic mass is 10.1. The average molecular weight is 338 g/mol. The van der Waals surface area contributed by atoms with E-state index in [0.717, 1.165) is 6.54 Å². The van der Waals surface area contributed by atoms with Crippen LogP contribution in [0.5, 0.6) is 0 Å². The van der Waals surface area contributed by atoms with Gasteiger partial charge in [0.15, 0.2) is 0 Å². The first-order chi connectivity index (χ1) is 10.7. The van der Waals surface area contributed by atoms with E-state index in [9.17, 15) is 9.90 Å². The van der Waals surface area contributed by atoms with Crippen LogP contribution in [0.25, 0.3) is 0 Å². The lowest BCUT2D eigenvalue weighted by molar-refractivity contribution is 0.0927. The number of hydrogen-bond acceptors (Lipinski definition) is 5. The second-order valence-electron chi connectivity index (χ2n) is 5.74. The number of nitrogens with one attached hydrogen (secondary N) is 2. The highest BCUT2D eigenvalue weighted by atomic mass is 32.2. The van der Waals surface area contributed by atoms with E-state index in [1.165, 1.54) is 23.5 Å². The fourth-order valence-corrected chi connectivity index (χ4v) is 5.62. The van der Waals surface area contributed by atoms with E-state index in [-0.39, 0.29) is 17.9 Å². The minimum Gasteiger partial charge on any atom is -0.391 e. The molecule has 2 heterocycles. The van der Waals surface area contributed by atoms with Gasteiger partial charge in [-0.1, -0.05) is 12.1 Å². The van der Waals surface area contributed by atoms with E-state index in [1.54, 1.807) is 0 Å². The Balaban J connectivity index is 1.54. The summed E-state index contributed by atoms with van der Waals surface area (Å²) in [6.45, 7) is 1.89. The normalized spacial score (nSPS) is 26.0. The summed E-state index contributed by atoms with van der Waals surface area (Å²) >= 11 is 3.97. The molecular formula is C16H22N2O2S2. The first kappa shape index (κ1) is 16.2. The maximum atomic E-state index is 12.2. The van der Waals surface area contributed by atoms with Gasteiger partial charge >= 0.3 is 0 Å². The van der Waals surface area contributed by atoms with Gasteiger partial charge in [-0.3, -0.25) is 4.79 Å². The van der Waals surface area contributed by atoms with E-state index in [0.29, 0.717) is 23.2 Å². The molecule has 0 aliphatic carbocycles. The number of carbonyl (C=O) groups excluding carboxylic acids is 1. The third-order valence-electron chi connectivity index (χ3n) is 4.10. The topological polar surface area (TPSA) is 61.4 Å². The summed E-state index contributed by atoms with van der Waals surface area (Å²) < 4.78 is 0.505. The maximum absolute atomic E-state index is 12.2. The first-order valence-corrected chi connectivity index (χ1v) is 9.84. The van der Waals surface area contributed by atoms with Crippen molar-refractivity contribution in [2.24, 2.45) is 5.92 Å². The largest absolute Gasteiger partial charge is 0.391 e. The number of aliphatic hydroxyl groups is 1. The summed E-state index contributed by atoms with van der Waals surface area (Å²) in [5.74, 6) is 2.49. The summed E-state index contributed by atoms with van der Waals surface area (Å²) in [4.78, 5) is 12.2. The molecule has 2 atom stereocenters. The lowest BCUT2D eigenvalue weighted by Gasteiger charge is -2.21. The van der Waals surface area contributed by atoms with Crippen molar-refractivity contribution in [2.75, 3.05) is 31.1 Å². The van der Waals surface area contributed by atoms with Gasteiger partial charge in [-0.15, -0.1) is 23.5 Å². The fourth-order valence-electron chi connectivity index (χ4n) is 2.73. The number of rotatable bonds is 4. The maximum Gasteiger partial charge on any atom is 0.251 e. The molecule has 0 radical (unpaired) electrons. The zero-order chi connectivity index (χ0) is 15.4. The summed E-state index contributed by atoms with van der Waals surface area (Å²) in [5, 5.41) is 15.8. The molecule has 0 spiro atoms. The molecule has 2 aliphatic heterocycles. The van der Waals surface area contributed by atoms with Crippen molar-refractivity contribution in [2.45, 2.75) is 17.1 Å². The van der Waals surface area contributed by atoms with E-state index in [4.69, 9.17) is 0 Å². The predicted molar refractivity (Wildman–Crippen MR) is 93.4 cm³/mol. The first-order valence-electron chi connectivity index (χ1n) is 7.74. The molecule has 120 valence electrons. The van der Waals surface area contributed by atoms with Crippen LogP contribution in [0.1, 0.15) is 26.9 Å². The van der Waals surface area contributed by atoms with Crippen LogP contribution in [0, 0.1) is 5.92 Å². The average Bonchev–Trinajstić information content (AvgIpc) is 2.99. The highest BCUT2D eigenvalue weighted by Gasteiger charge is 2.25. The van der Waals surface area contributed by atoms with Crippen LogP contribution < -0.4 is 10.6 Å². The van der Waals surface area contributed by atoms with E-state index >= 15 is 0 Å². The van der Waals surface area contributed by atoms with Gasteiger partial charge in [-0.2, -0.15) is 0 Å². The number of thioether (sulfide) groups is 2. The van der Waals surface area contributed by atoms with Gasteiger partial charge < -0.3 is 15.7 Å². The molecule has 0 bridgehead atoms. The SMILES string of the molecule is O=C(NCC1CNCC1O)c1ccc(C2SCCCS2)cc1. The molecule has 3 rings (SSSR count). The van der Waals surface area contributed by atoms with Gasteiger partial charge in [0.25, 0.3) is 5.91 Å². The number of amides is 1. The molecule has 1 amide bonds. The Morgan fingerprint density at radius 2 is 1.95 bits per heavy atom. The van der Waals surface area contributed by atoms with Crippen LogP contribution >= 0.6 is 23.5 Å². The summed E-state index contributed by atoms with van der Waals surface area (Å²) in [7, 11) is 0. The van der Waals surface area contributed by atoms with Crippen LogP contribution in [0.15, 0.2) is 24.3 Å². The van der Waals surface area contributed by atoms with Crippen molar-refractivity contribution in [3.8, 4) is 0 Å². The Morgan fingerprint density at radius 3 is 2.59 bits per heavy atom.